The zero-order valence-corrected chi connectivity index (χ0v) is 31.7. The molecule has 12 rings (SSSR count). The highest BCUT2D eigenvalue weighted by Gasteiger charge is 2.19. The van der Waals surface area contributed by atoms with Crippen LogP contribution in [0.4, 0.5) is 0 Å². The first-order valence-electron chi connectivity index (χ1n) is 19.8. The highest BCUT2D eigenvalue weighted by Crippen LogP contribution is 2.40. The first-order chi connectivity index (χ1) is 29.2. The Kier molecular flexibility index (Phi) is 7.47. The van der Waals surface area contributed by atoms with Crippen molar-refractivity contribution in [2.24, 2.45) is 0 Å². The third kappa shape index (κ3) is 5.55. The maximum Gasteiger partial charge on any atom is 0.227 e. The zero-order valence-electron chi connectivity index (χ0n) is 31.7. The molecule has 2 heterocycles. The van der Waals surface area contributed by atoms with Gasteiger partial charge in [0.25, 0.3) is 0 Å². The summed E-state index contributed by atoms with van der Waals surface area (Å²) in [7, 11) is 0. The zero-order chi connectivity index (χ0) is 38.9. The molecule has 0 N–H and O–H groups in total. The summed E-state index contributed by atoms with van der Waals surface area (Å²) < 4.78 is 6.58. The minimum atomic E-state index is 0.608. The van der Waals surface area contributed by atoms with Crippen LogP contribution in [0.15, 0.2) is 199 Å². The van der Waals surface area contributed by atoms with Crippen LogP contribution in [0.5, 0.6) is 0 Å². The monoisotopic (exact) mass is 752 g/mol. The summed E-state index contributed by atoms with van der Waals surface area (Å²) in [5, 5.41) is 11.4. The van der Waals surface area contributed by atoms with Crippen LogP contribution in [0.3, 0.4) is 0 Å². The van der Waals surface area contributed by atoms with Crippen LogP contribution < -0.4 is 0 Å². The van der Waals surface area contributed by atoms with Gasteiger partial charge in [0.2, 0.25) is 5.89 Å². The first kappa shape index (κ1) is 33.2. The molecule has 0 aliphatic heterocycles. The lowest BCUT2D eigenvalue weighted by atomic mass is 9.95. The average molecular weight is 753 g/mol. The number of hydrogen-bond acceptors (Lipinski definition) is 5. The number of aromatic nitrogens is 4. The second-order valence-corrected chi connectivity index (χ2v) is 15.0. The van der Waals surface area contributed by atoms with Crippen LogP contribution in [-0.2, 0) is 0 Å². The van der Waals surface area contributed by atoms with E-state index in [0.717, 1.165) is 82.2 Å². The third-order valence-electron chi connectivity index (χ3n) is 11.5. The fraction of sp³-hybridized carbons (Fsp3) is 0. The molecule has 0 unspecified atom stereocenters. The fourth-order valence-electron chi connectivity index (χ4n) is 8.65. The van der Waals surface area contributed by atoms with E-state index in [9.17, 15) is 0 Å². The molecule has 0 amide bonds. The Morgan fingerprint density at radius 1 is 0.305 bits per heavy atom. The van der Waals surface area contributed by atoms with Crippen LogP contribution >= 0.6 is 0 Å². The first-order valence-corrected chi connectivity index (χ1v) is 19.8. The van der Waals surface area contributed by atoms with E-state index >= 15 is 0 Å². The molecule has 274 valence electrons. The van der Waals surface area contributed by atoms with Crippen LogP contribution in [0.2, 0.25) is 0 Å². The van der Waals surface area contributed by atoms with Gasteiger partial charge in [0.05, 0.1) is 0 Å². The summed E-state index contributed by atoms with van der Waals surface area (Å²) in [5.74, 6) is 2.46. The van der Waals surface area contributed by atoms with E-state index in [0.29, 0.717) is 23.4 Å². The Morgan fingerprint density at radius 2 is 0.831 bits per heavy atom. The van der Waals surface area contributed by atoms with E-state index < -0.39 is 0 Å². The van der Waals surface area contributed by atoms with Crippen molar-refractivity contribution in [3.63, 3.8) is 0 Å². The number of benzene rings is 10. The van der Waals surface area contributed by atoms with Gasteiger partial charge in [-0.1, -0.05) is 164 Å². The van der Waals surface area contributed by atoms with Crippen LogP contribution in [0, 0.1) is 0 Å². The van der Waals surface area contributed by atoms with Gasteiger partial charge in [0.15, 0.2) is 23.1 Å². The van der Waals surface area contributed by atoms with Crippen molar-refractivity contribution in [3.8, 4) is 56.7 Å². The summed E-state index contributed by atoms with van der Waals surface area (Å²) >= 11 is 0. The van der Waals surface area contributed by atoms with E-state index in [1.165, 1.54) is 16.2 Å². The van der Waals surface area contributed by atoms with Crippen LogP contribution in [-0.4, -0.2) is 19.9 Å². The van der Waals surface area contributed by atoms with Gasteiger partial charge in [-0.3, -0.25) is 0 Å². The number of nitrogens with zero attached hydrogens (tertiary/aromatic N) is 4. The molecule has 59 heavy (non-hydrogen) atoms. The summed E-state index contributed by atoms with van der Waals surface area (Å²) in [6.45, 7) is 0. The van der Waals surface area contributed by atoms with Crippen molar-refractivity contribution in [1.29, 1.82) is 0 Å². The van der Waals surface area contributed by atoms with E-state index in [1.54, 1.807) is 0 Å². The molecule has 0 saturated heterocycles. The SMILES string of the molecule is c1ccc(-c2nc3ccc4ccc5ccc6cc(-c7nc(-c8ccc9c(ccc%10ccccc%109)c8)nc(-c8ccccc8-c8ccccc8)n7)ccc6c5c4c3o2)cc1. The van der Waals surface area contributed by atoms with Crippen molar-refractivity contribution < 1.29 is 4.42 Å². The Bertz CT molecular complexity index is 3610. The quantitative estimate of drug-likeness (QED) is 0.164. The summed E-state index contributed by atoms with van der Waals surface area (Å²) in [4.78, 5) is 20.6. The standard InChI is InChI=1S/C54H32N4O/c1-3-11-33(12-4-1)43-17-9-10-18-46(43)53-57-51(40-25-28-44-38(31-40)23-19-34-13-7-8-16-42(34)44)56-52(58-53)41-26-29-45-39(32-41)24-22-35-20-21-36-27-30-47-50(49(36)48(35)45)59-54(55-47)37-14-5-2-6-15-37/h1-32H. The number of oxazole rings is 1. The molecule has 0 bridgehead atoms. The normalized spacial score (nSPS) is 11.7. The lowest BCUT2D eigenvalue weighted by Gasteiger charge is -2.13. The van der Waals surface area contributed by atoms with E-state index in [-0.39, 0.29) is 0 Å². The van der Waals surface area contributed by atoms with Gasteiger partial charge in [-0.05, 0) is 84.5 Å². The van der Waals surface area contributed by atoms with Gasteiger partial charge in [0, 0.05) is 33.0 Å². The highest BCUT2D eigenvalue weighted by molar-refractivity contribution is 6.26. The van der Waals surface area contributed by atoms with Crippen molar-refractivity contribution in [2.75, 3.05) is 0 Å². The molecule has 0 atom stereocenters. The van der Waals surface area contributed by atoms with E-state index in [2.05, 4.69) is 146 Å². The van der Waals surface area contributed by atoms with Crippen molar-refractivity contribution in [2.45, 2.75) is 0 Å². The molecule has 0 saturated carbocycles. The predicted molar refractivity (Wildman–Crippen MR) is 242 cm³/mol. The smallest absolute Gasteiger partial charge is 0.227 e. The molecule has 0 radical (unpaired) electrons. The van der Waals surface area contributed by atoms with Crippen LogP contribution in [0.1, 0.15) is 0 Å². The summed E-state index contributed by atoms with van der Waals surface area (Å²) in [6.07, 6.45) is 0. The van der Waals surface area contributed by atoms with Gasteiger partial charge < -0.3 is 4.42 Å². The van der Waals surface area contributed by atoms with Crippen LogP contribution in [0.25, 0.3) is 122 Å². The van der Waals surface area contributed by atoms with Gasteiger partial charge in [0.1, 0.15) is 5.52 Å². The average Bonchev–Trinajstić information content (AvgIpc) is 3.76. The molecule has 0 aliphatic carbocycles. The Labute approximate surface area is 338 Å². The molecule has 12 aromatic rings. The highest BCUT2D eigenvalue weighted by atomic mass is 16.3. The Hall–Kier alpha value is -8.02. The largest absolute Gasteiger partial charge is 0.435 e. The molecular weight excluding hydrogens is 721 g/mol. The summed E-state index contributed by atoms with van der Waals surface area (Å²) in [6, 6.07) is 67.7. The van der Waals surface area contributed by atoms with Crippen molar-refractivity contribution in [1.82, 2.24) is 19.9 Å². The van der Waals surface area contributed by atoms with Crippen molar-refractivity contribution >= 4 is 65.0 Å². The molecule has 5 nitrogen and oxygen atoms in total. The maximum atomic E-state index is 6.58. The maximum absolute atomic E-state index is 6.58. The lowest BCUT2D eigenvalue weighted by molar-refractivity contribution is 0.623. The molecular formula is C54H32N4O. The second-order valence-electron chi connectivity index (χ2n) is 15.0. The van der Waals surface area contributed by atoms with Gasteiger partial charge >= 0.3 is 0 Å². The summed E-state index contributed by atoms with van der Waals surface area (Å²) in [5.41, 5.74) is 7.51. The molecule has 5 heteroatoms. The second kappa shape index (κ2) is 13.3. The molecule has 0 fully saturated rings. The van der Waals surface area contributed by atoms with E-state index in [1.807, 2.05) is 48.5 Å². The Morgan fingerprint density at radius 3 is 1.58 bits per heavy atom. The van der Waals surface area contributed by atoms with Crippen molar-refractivity contribution in [3.05, 3.63) is 194 Å². The Balaban J connectivity index is 1.06. The minimum absolute atomic E-state index is 0.608. The number of hydrogen-bond donors (Lipinski definition) is 0. The van der Waals surface area contributed by atoms with Gasteiger partial charge in [-0.15, -0.1) is 0 Å². The molecule has 10 aromatic carbocycles. The molecule has 2 aromatic heterocycles. The van der Waals surface area contributed by atoms with E-state index in [4.69, 9.17) is 24.4 Å². The third-order valence-corrected chi connectivity index (χ3v) is 11.5. The number of rotatable bonds is 5. The molecule has 0 aliphatic rings. The topological polar surface area (TPSA) is 64.7 Å². The predicted octanol–water partition coefficient (Wildman–Crippen LogP) is 14.1. The number of fused-ring (bicyclic) bond motifs is 10. The fourth-order valence-corrected chi connectivity index (χ4v) is 8.65. The van der Waals surface area contributed by atoms with Gasteiger partial charge in [-0.2, -0.15) is 0 Å². The van der Waals surface area contributed by atoms with Gasteiger partial charge in [-0.25, -0.2) is 19.9 Å². The molecule has 0 spiro atoms. The minimum Gasteiger partial charge on any atom is -0.435 e. The lowest BCUT2D eigenvalue weighted by Crippen LogP contribution is -2.01.